The van der Waals surface area contributed by atoms with Gasteiger partial charge in [-0.1, -0.05) is 13.8 Å². The summed E-state index contributed by atoms with van der Waals surface area (Å²) in [5.74, 6) is 0.126. The van der Waals surface area contributed by atoms with E-state index < -0.39 is 9.84 Å². The van der Waals surface area contributed by atoms with Crippen molar-refractivity contribution < 1.29 is 8.42 Å². The first-order valence-corrected chi connectivity index (χ1v) is 9.40. The molecule has 4 nitrogen and oxygen atoms in total. The largest absolute Gasteiger partial charge is 0.368 e. The standard InChI is InChI=1S/C15H20N2O2S2/c1-4-13-10-16-15(20-13)11-17(3)12-6-8-14(9-7-12)21(18,19)5-2/h6-10H,4-5,11H2,1-3H3. The molecule has 1 aromatic carbocycles. The molecule has 0 aliphatic heterocycles. The molecule has 0 radical (unpaired) electrons. The van der Waals surface area contributed by atoms with Gasteiger partial charge in [-0.25, -0.2) is 13.4 Å². The zero-order valence-corrected chi connectivity index (χ0v) is 14.2. The van der Waals surface area contributed by atoms with Gasteiger partial charge in [0, 0.05) is 23.8 Å². The second-order valence-electron chi connectivity index (χ2n) is 4.83. The number of benzene rings is 1. The van der Waals surface area contributed by atoms with Crippen LogP contribution < -0.4 is 4.90 Å². The molecule has 2 aromatic rings. The van der Waals surface area contributed by atoms with Crippen molar-refractivity contribution in [1.29, 1.82) is 0 Å². The number of sulfone groups is 1. The normalized spacial score (nSPS) is 11.6. The number of anilines is 1. The Balaban J connectivity index is 2.11. The van der Waals surface area contributed by atoms with Gasteiger partial charge in [0.05, 0.1) is 17.2 Å². The summed E-state index contributed by atoms with van der Waals surface area (Å²) in [5, 5.41) is 1.07. The van der Waals surface area contributed by atoms with Crippen molar-refractivity contribution in [2.24, 2.45) is 0 Å². The molecule has 0 unspecified atom stereocenters. The number of aromatic nitrogens is 1. The first-order chi connectivity index (χ1) is 9.96. The van der Waals surface area contributed by atoms with Crippen LogP contribution in [0, 0.1) is 0 Å². The molecule has 1 heterocycles. The fraction of sp³-hybridized carbons (Fsp3) is 0.400. The zero-order chi connectivity index (χ0) is 15.5. The number of hydrogen-bond donors (Lipinski definition) is 0. The summed E-state index contributed by atoms with van der Waals surface area (Å²) in [6, 6.07) is 7.03. The minimum absolute atomic E-state index is 0.126. The SMILES string of the molecule is CCc1cnc(CN(C)c2ccc(S(=O)(=O)CC)cc2)s1. The van der Waals surface area contributed by atoms with Crippen molar-refractivity contribution in [3.8, 4) is 0 Å². The van der Waals surface area contributed by atoms with E-state index in [1.54, 1.807) is 30.4 Å². The molecule has 0 N–H and O–H groups in total. The molecule has 0 bridgehead atoms. The lowest BCUT2D eigenvalue weighted by molar-refractivity contribution is 0.597. The van der Waals surface area contributed by atoms with E-state index in [0.29, 0.717) is 4.90 Å². The summed E-state index contributed by atoms with van der Waals surface area (Å²) in [7, 11) is -1.15. The highest BCUT2D eigenvalue weighted by molar-refractivity contribution is 7.91. The summed E-state index contributed by atoms with van der Waals surface area (Å²) in [6.07, 6.45) is 2.93. The quantitative estimate of drug-likeness (QED) is 0.819. The molecule has 0 fully saturated rings. The van der Waals surface area contributed by atoms with Crippen molar-refractivity contribution in [1.82, 2.24) is 4.98 Å². The van der Waals surface area contributed by atoms with E-state index in [2.05, 4.69) is 16.8 Å². The number of thiazole rings is 1. The van der Waals surface area contributed by atoms with Crippen molar-refractivity contribution in [2.45, 2.75) is 31.7 Å². The average Bonchev–Trinajstić information content (AvgIpc) is 2.95. The van der Waals surface area contributed by atoms with E-state index in [1.807, 2.05) is 25.4 Å². The molecule has 0 amide bonds. The van der Waals surface area contributed by atoms with Gasteiger partial charge in [-0.05, 0) is 30.7 Å². The van der Waals surface area contributed by atoms with Crippen LogP contribution in [0.3, 0.4) is 0 Å². The first kappa shape index (κ1) is 16.0. The van der Waals surface area contributed by atoms with Crippen LogP contribution in [0.4, 0.5) is 5.69 Å². The van der Waals surface area contributed by atoms with Crippen molar-refractivity contribution >= 4 is 26.9 Å². The van der Waals surface area contributed by atoms with Gasteiger partial charge in [0.2, 0.25) is 0 Å². The number of nitrogens with zero attached hydrogens (tertiary/aromatic N) is 2. The Hall–Kier alpha value is -1.40. The van der Waals surface area contributed by atoms with Crippen LogP contribution in [-0.4, -0.2) is 26.2 Å². The van der Waals surface area contributed by atoms with Gasteiger partial charge >= 0.3 is 0 Å². The molecular formula is C15H20N2O2S2. The highest BCUT2D eigenvalue weighted by atomic mass is 32.2. The molecule has 0 saturated heterocycles. The summed E-state index contributed by atoms with van der Waals surface area (Å²) in [6.45, 7) is 4.50. The van der Waals surface area contributed by atoms with E-state index in [-0.39, 0.29) is 5.75 Å². The van der Waals surface area contributed by atoms with Crippen LogP contribution in [0.2, 0.25) is 0 Å². The molecule has 0 saturated carbocycles. The molecule has 6 heteroatoms. The Labute approximate surface area is 130 Å². The molecule has 114 valence electrons. The summed E-state index contributed by atoms with van der Waals surface area (Å²) >= 11 is 1.72. The van der Waals surface area contributed by atoms with E-state index in [0.717, 1.165) is 23.7 Å². The zero-order valence-electron chi connectivity index (χ0n) is 12.5. The second-order valence-corrected chi connectivity index (χ2v) is 8.31. The number of aryl methyl sites for hydroxylation is 1. The molecule has 0 atom stereocenters. The fourth-order valence-electron chi connectivity index (χ4n) is 1.95. The Bertz CT molecular complexity index is 691. The predicted molar refractivity (Wildman–Crippen MR) is 87.8 cm³/mol. The lowest BCUT2D eigenvalue weighted by Gasteiger charge is -2.18. The lowest BCUT2D eigenvalue weighted by Crippen LogP contribution is -2.16. The Morgan fingerprint density at radius 1 is 1.19 bits per heavy atom. The summed E-state index contributed by atoms with van der Waals surface area (Å²) in [5.41, 5.74) is 0.985. The smallest absolute Gasteiger partial charge is 0.178 e. The third-order valence-corrected chi connectivity index (χ3v) is 6.22. The maximum atomic E-state index is 11.8. The molecule has 0 spiro atoms. The second kappa shape index (κ2) is 6.58. The molecule has 0 aliphatic carbocycles. The molecular weight excluding hydrogens is 304 g/mol. The molecule has 1 aromatic heterocycles. The van der Waals surface area contributed by atoms with Gasteiger partial charge in [-0.3, -0.25) is 0 Å². The van der Waals surface area contributed by atoms with Crippen LogP contribution in [0.25, 0.3) is 0 Å². The van der Waals surface area contributed by atoms with Crippen LogP contribution in [0.5, 0.6) is 0 Å². The third kappa shape index (κ3) is 3.83. The fourth-order valence-corrected chi connectivity index (χ4v) is 3.75. The van der Waals surface area contributed by atoms with Crippen molar-refractivity contribution in [3.63, 3.8) is 0 Å². The third-order valence-electron chi connectivity index (χ3n) is 3.34. The van der Waals surface area contributed by atoms with E-state index in [9.17, 15) is 8.42 Å². The van der Waals surface area contributed by atoms with Gasteiger partial charge in [0.15, 0.2) is 9.84 Å². The van der Waals surface area contributed by atoms with Crippen LogP contribution >= 0.6 is 11.3 Å². The van der Waals surface area contributed by atoms with Gasteiger partial charge in [0.1, 0.15) is 5.01 Å². The van der Waals surface area contributed by atoms with Crippen molar-refractivity contribution in [2.75, 3.05) is 17.7 Å². The number of rotatable bonds is 6. The first-order valence-electron chi connectivity index (χ1n) is 6.93. The van der Waals surface area contributed by atoms with Crippen LogP contribution in [0.15, 0.2) is 35.4 Å². The van der Waals surface area contributed by atoms with Crippen LogP contribution in [0.1, 0.15) is 23.7 Å². The average molecular weight is 324 g/mol. The molecule has 0 aliphatic rings. The minimum atomic E-state index is -3.13. The summed E-state index contributed by atoms with van der Waals surface area (Å²) in [4.78, 5) is 8.13. The van der Waals surface area contributed by atoms with Gasteiger partial charge in [0.25, 0.3) is 0 Å². The topological polar surface area (TPSA) is 50.3 Å². The monoisotopic (exact) mass is 324 g/mol. The lowest BCUT2D eigenvalue weighted by atomic mass is 10.3. The van der Waals surface area contributed by atoms with E-state index in [1.165, 1.54) is 4.88 Å². The molecule has 21 heavy (non-hydrogen) atoms. The number of hydrogen-bond acceptors (Lipinski definition) is 5. The van der Waals surface area contributed by atoms with Crippen molar-refractivity contribution in [3.05, 3.63) is 40.3 Å². The van der Waals surface area contributed by atoms with Gasteiger partial charge in [-0.15, -0.1) is 11.3 Å². The predicted octanol–water partition coefficient (Wildman–Crippen LogP) is 3.14. The maximum absolute atomic E-state index is 11.8. The Morgan fingerprint density at radius 2 is 1.86 bits per heavy atom. The Morgan fingerprint density at radius 3 is 2.38 bits per heavy atom. The van der Waals surface area contributed by atoms with E-state index in [4.69, 9.17) is 0 Å². The van der Waals surface area contributed by atoms with E-state index >= 15 is 0 Å². The highest BCUT2D eigenvalue weighted by Crippen LogP contribution is 2.21. The Kier molecular flexibility index (Phi) is 5.00. The summed E-state index contributed by atoms with van der Waals surface area (Å²) < 4.78 is 23.6. The minimum Gasteiger partial charge on any atom is -0.368 e. The van der Waals surface area contributed by atoms with Crippen LogP contribution in [-0.2, 0) is 22.8 Å². The molecule has 2 rings (SSSR count). The highest BCUT2D eigenvalue weighted by Gasteiger charge is 2.12. The van der Waals surface area contributed by atoms with Gasteiger partial charge < -0.3 is 4.90 Å². The maximum Gasteiger partial charge on any atom is 0.178 e. The van der Waals surface area contributed by atoms with Gasteiger partial charge in [-0.2, -0.15) is 0 Å².